The summed E-state index contributed by atoms with van der Waals surface area (Å²) in [5.41, 5.74) is 0.280. The van der Waals surface area contributed by atoms with Crippen molar-refractivity contribution in [3.05, 3.63) is 82.5 Å². The molecule has 0 radical (unpaired) electrons. The third-order valence-corrected chi connectivity index (χ3v) is 4.78. The maximum Gasteiger partial charge on any atom is 0.416 e. The van der Waals surface area contributed by atoms with Crippen LogP contribution in [0.5, 0.6) is 0 Å². The fourth-order valence-corrected chi connectivity index (χ4v) is 3.30. The van der Waals surface area contributed by atoms with Gasteiger partial charge in [-0.3, -0.25) is 4.79 Å². The molecule has 0 aliphatic rings. The summed E-state index contributed by atoms with van der Waals surface area (Å²) in [5.74, 6) is -0.753. The van der Waals surface area contributed by atoms with Crippen molar-refractivity contribution in [2.24, 2.45) is 0 Å². The van der Waals surface area contributed by atoms with E-state index in [2.05, 4.69) is 5.32 Å². The highest BCUT2D eigenvalue weighted by Gasteiger charge is 2.30. The molecular formula is C19H13F4NOS. The number of thiophene rings is 1. The van der Waals surface area contributed by atoms with E-state index in [0.717, 1.165) is 23.5 Å². The van der Waals surface area contributed by atoms with Gasteiger partial charge in [0.15, 0.2) is 0 Å². The van der Waals surface area contributed by atoms with Crippen LogP contribution in [0.25, 0.3) is 10.4 Å². The van der Waals surface area contributed by atoms with Crippen LogP contribution in [0.4, 0.5) is 17.6 Å². The van der Waals surface area contributed by atoms with Crippen molar-refractivity contribution >= 4 is 17.2 Å². The van der Waals surface area contributed by atoms with Crippen molar-refractivity contribution in [3.63, 3.8) is 0 Å². The van der Waals surface area contributed by atoms with Gasteiger partial charge in [0.1, 0.15) is 5.82 Å². The van der Waals surface area contributed by atoms with Gasteiger partial charge in [0, 0.05) is 11.4 Å². The Labute approximate surface area is 151 Å². The molecule has 2 aromatic carbocycles. The van der Waals surface area contributed by atoms with Crippen molar-refractivity contribution in [1.82, 2.24) is 5.32 Å². The third-order valence-electron chi connectivity index (χ3n) is 3.65. The second-order valence-electron chi connectivity index (χ2n) is 5.56. The Kier molecular flexibility index (Phi) is 5.08. The molecule has 1 amide bonds. The van der Waals surface area contributed by atoms with Gasteiger partial charge in [0.2, 0.25) is 0 Å². The molecule has 3 aromatic rings. The Morgan fingerprint density at radius 1 is 1.00 bits per heavy atom. The number of benzene rings is 2. The average Bonchev–Trinajstić information content (AvgIpc) is 3.09. The first-order valence-corrected chi connectivity index (χ1v) is 8.45. The average molecular weight is 379 g/mol. The molecule has 0 bridgehead atoms. The largest absolute Gasteiger partial charge is 0.416 e. The maximum absolute atomic E-state index is 13.1. The van der Waals surface area contributed by atoms with Gasteiger partial charge in [-0.15, -0.1) is 11.3 Å². The molecule has 7 heteroatoms. The van der Waals surface area contributed by atoms with E-state index >= 15 is 0 Å². The van der Waals surface area contributed by atoms with Gasteiger partial charge >= 0.3 is 6.18 Å². The molecule has 0 spiro atoms. The Bertz CT molecular complexity index is 933. The van der Waals surface area contributed by atoms with Gasteiger partial charge in [-0.1, -0.05) is 24.3 Å². The maximum atomic E-state index is 13.1. The number of carbonyl (C=O) groups is 1. The molecule has 0 unspecified atom stereocenters. The van der Waals surface area contributed by atoms with E-state index in [4.69, 9.17) is 0 Å². The first-order chi connectivity index (χ1) is 12.3. The molecule has 3 rings (SSSR count). The van der Waals surface area contributed by atoms with E-state index in [9.17, 15) is 22.4 Å². The zero-order valence-corrected chi connectivity index (χ0v) is 14.1. The second kappa shape index (κ2) is 7.29. The molecule has 0 aliphatic carbocycles. The quantitative estimate of drug-likeness (QED) is 0.596. The Morgan fingerprint density at radius 3 is 2.50 bits per heavy atom. The molecule has 134 valence electrons. The SMILES string of the molecule is O=C(NCc1cccc(F)c1)c1ccc(-c2cccc(C(F)(F)F)c2)s1. The van der Waals surface area contributed by atoms with E-state index in [-0.39, 0.29) is 18.3 Å². The van der Waals surface area contributed by atoms with Crippen molar-refractivity contribution in [3.8, 4) is 10.4 Å². The Balaban J connectivity index is 1.72. The number of rotatable bonds is 4. The monoisotopic (exact) mass is 379 g/mol. The van der Waals surface area contributed by atoms with Crippen LogP contribution in [-0.2, 0) is 12.7 Å². The van der Waals surface area contributed by atoms with Gasteiger partial charge in [0.05, 0.1) is 10.4 Å². The number of carbonyl (C=O) groups excluding carboxylic acids is 1. The van der Waals surface area contributed by atoms with Crippen molar-refractivity contribution in [2.45, 2.75) is 12.7 Å². The number of amides is 1. The van der Waals surface area contributed by atoms with E-state index in [0.29, 0.717) is 20.9 Å². The number of halogens is 4. The molecular weight excluding hydrogens is 366 g/mol. The lowest BCUT2D eigenvalue weighted by molar-refractivity contribution is -0.137. The highest BCUT2D eigenvalue weighted by atomic mass is 32.1. The number of alkyl halides is 3. The fourth-order valence-electron chi connectivity index (χ4n) is 2.38. The standard InChI is InChI=1S/C19H13F4NOS/c20-15-6-1-3-12(9-15)11-24-18(25)17-8-7-16(26-17)13-4-2-5-14(10-13)19(21,22)23/h1-10H,11H2,(H,24,25). The molecule has 0 fully saturated rings. The Hall–Kier alpha value is -2.67. The van der Waals surface area contributed by atoms with Crippen LogP contribution in [0.3, 0.4) is 0 Å². The summed E-state index contributed by atoms with van der Waals surface area (Å²) in [5, 5.41) is 2.67. The van der Waals surface area contributed by atoms with Gasteiger partial charge in [-0.25, -0.2) is 4.39 Å². The minimum Gasteiger partial charge on any atom is -0.347 e. The van der Waals surface area contributed by atoms with Crippen LogP contribution in [0.15, 0.2) is 60.7 Å². The molecule has 0 aliphatic heterocycles. The van der Waals surface area contributed by atoms with Crippen LogP contribution in [0.2, 0.25) is 0 Å². The first kappa shape index (κ1) is 18.1. The molecule has 0 saturated carbocycles. The number of hydrogen-bond donors (Lipinski definition) is 1. The van der Waals surface area contributed by atoms with Crippen molar-refractivity contribution in [1.29, 1.82) is 0 Å². The molecule has 1 aromatic heterocycles. The minimum absolute atomic E-state index is 0.160. The van der Waals surface area contributed by atoms with Gasteiger partial charge in [0.25, 0.3) is 5.91 Å². The van der Waals surface area contributed by atoms with E-state index in [1.165, 1.54) is 18.2 Å². The van der Waals surface area contributed by atoms with Crippen LogP contribution in [0.1, 0.15) is 20.8 Å². The molecule has 1 N–H and O–H groups in total. The lowest BCUT2D eigenvalue weighted by Crippen LogP contribution is -2.21. The zero-order chi connectivity index (χ0) is 18.7. The summed E-state index contributed by atoms with van der Waals surface area (Å²) in [6.07, 6.45) is -4.42. The molecule has 0 atom stereocenters. The summed E-state index contributed by atoms with van der Waals surface area (Å²) in [6.45, 7) is 0.160. The lowest BCUT2D eigenvalue weighted by Gasteiger charge is -2.07. The zero-order valence-electron chi connectivity index (χ0n) is 13.3. The lowest BCUT2D eigenvalue weighted by atomic mass is 10.1. The van der Waals surface area contributed by atoms with Crippen LogP contribution < -0.4 is 5.32 Å². The Morgan fingerprint density at radius 2 is 1.77 bits per heavy atom. The van der Waals surface area contributed by atoms with Crippen molar-refractivity contribution < 1.29 is 22.4 Å². The van der Waals surface area contributed by atoms with Crippen LogP contribution in [-0.4, -0.2) is 5.91 Å². The number of hydrogen-bond acceptors (Lipinski definition) is 2. The topological polar surface area (TPSA) is 29.1 Å². The van der Waals surface area contributed by atoms with Gasteiger partial charge < -0.3 is 5.32 Å². The molecule has 26 heavy (non-hydrogen) atoms. The summed E-state index contributed by atoms with van der Waals surface area (Å²) in [6, 6.07) is 14.0. The highest BCUT2D eigenvalue weighted by Crippen LogP contribution is 2.34. The summed E-state index contributed by atoms with van der Waals surface area (Å²) < 4.78 is 51.6. The van der Waals surface area contributed by atoms with E-state index in [1.807, 2.05) is 0 Å². The van der Waals surface area contributed by atoms with Crippen LogP contribution >= 0.6 is 11.3 Å². The van der Waals surface area contributed by atoms with Gasteiger partial charge in [-0.2, -0.15) is 13.2 Å². The minimum atomic E-state index is -4.42. The van der Waals surface area contributed by atoms with Crippen LogP contribution in [0, 0.1) is 5.82 Å². The first-order valence-electron chi connectivity index (χ1n) is 7.63. The smallest absolute Gasteiger partial charge is 0.347 e. The van der Waals surface area contributed by atoms with E-state index < -0.39 is 11.7 Å². The molecule has 2 nitrogen and oxygen atoms in total. The predicted octanol–water partition coefficient (Wildman–Crippen LogP) is 5.50. The second-order valence-corrected chi connectivity index (χ2v) is 6.64. The summed E-state index contributed by atoms with van der Waals surface area (Å²) in [7, 11) is 0. The molecule has 0 saturated heterocycles. The van der Waals surface area contributed by atoms with Gasteiger partial charge in [-0.05, 0) is 47.5 Å². The fraction of sp³-hybridized carbons (Fsp3) is 0.105. The summed E-state index contributed by atoms with van der Waals surface area (Å²) >= 11 is 1.10. The third kappa shape index (κ3) is 4.29. The van der Waals surface area contributed by atoms with E-state index in [1.54, 1.807) is 30.3 Å². The highest BCUT2D eigenvalue weighted by molar-refractivity contribution is 7.17. The predicted molar refractivity (Wildman–Crippen MR) is 92.3 cm³/mol. The van der Waals surface area contributed by atoms with Crippen molar-refractivity contribution in [2.75, 3.05) is 0 Å². The number of nitrogens with one attached hydrogen (secondary N) is 1. The summed E-state index contributed by atoms with van der Waals surface area (Å²) in [4.78, 5) is 13.1. The normalized spacial score (nSPS) is 11.4. The molecule has 1 heterocycles.